The van der Waals surface area contributed by atoms with Crippen LogP contribution in [-0.2, 0) is 0 Å². The van der Waals surface area contributed by atoms with E-state index in [4.69, 9.17) is 0 Å². The van der Waals surface area contributed by atoms with Gasteiger partial charge in [0.1, 0.15) is 0 Å². The smallest absolute Gasteiger partial charge is 0.0957 e. The number of hydrogen-bond acceptors (Lipinski definition) is 6. The Kier molecular flexibility index (Phi) is 3.38. The molecule has 18 heavy (non-hydrogen) atoms. The van der Waals surface area contributed by atoms with Gasteiger partial charge in [0.15, 0.2) is 0 Å². The molecule has 0 bridgehead atoms. The Morgan fingerprint density at radius 2 is 1.28 bits per heavy atom. The summed E-state index contributed by atoms with van der Waals surface area (Å²) in [6, 6.07) is 0. The van der Waals surface area contributed by atoms with Gasteiger partial charge in [0.2, 0.25) is 0 Å². The number of nitrogens with zero attached hydrogens (tertiary/aromatic N) is 4. The topological polar surface area (TPSA) is 51.6 Å². The molecule has 0 spiro atoms. The van der Waals surface area contributed by atoms with Crippen molar-refractivity contribution < 1.29 is 0 Å². The summed E-state index contributed by atoms with van der Waals surface area (Å²) < 4.78 is 0. The monoisotopic (exact) mass is 272 g/mol. The molecule has 88 valence electrons. The lowest BCUT2D eigenvalue weighted by atomic mass is 10.4. The van der Waals surface area contributed by atoms with Gasteiger partial charge < -0.3 is 0 Å². The first kappa shape index (κ1) is 11.4. The largest absolute Gasteiger partial charge is 0.261 e. The van der Waals surface area contributed by atoms with E-state index in [0.29, 0.717) is 0 Å². The van der Waals surface area contributed by atoms with Crippen LogP contribution in [0.2, 0.25) is 0 Å². The van der Waals surface area contributed by atoms with E-state index in [1.165, 1.54) is 0 Å². The maximum Gasteiger partial charge on any atom is 0.0957 e. The number of hydrogen-bond donors (Lipinski definition) is 0. The van der Waals surface area contributed by atoms with Gasteiger partial charge in [0.25, 0.3) is 0 Å². The van der Waals surface area contributed by atoms with E-state index >= 15 is 0 Å². The van der Waals surface area contributed by atoms with E-state index in [1.54, 1.807) is 60.7 Å². The molecular formula is C12H8N4S2. The molecule has 4 nitrogen and oxygen atoms in total. The lowest BCUT2D eigenvalue weighted by Crippen LogP contribution is -1.92. The normalized spacial score (nSPS) is 14.9. The van der Waals surface area contributed by atoms with Crippen molar-refractivity contribution in [1.29, 1.82) is 0 Å². The van der Waals surface area contributed by atoms with Crippen molar-refractivity contribution in [2.45, 2.75) is 0 Å². The zero-order valence-corrected chi connectivity index (χ0v) is 10.9. The van der Waals surface area contributed by atoms with Crippen LogP contribution in [0.5, 0.6) is 0 Å². The molecule has 0 aromatic carbocycles. The fraction of sp³-hybridized carbons (Fsp3) is 0. The van der Waals surface area contributed by atoms with E-state index < -0.39 is 0 Å². The zero-order chi connectivity index (χ0) is 12.2. The van der Waals surface area contributed by atoms with Crippen LogP contribution < -0.4 is 0 Å². The quantitative estimate of drug-likeness (QED) is 0.837. The van der Waals surface area contributed by atoms with Crippen molar-refractivity contribution in [3.63, 3.8) is 0 Å². The Labute approximate surface area is 113 Å². The molecule has 0 aliphatic carbocycles. The zero-order valence-electron chi connectivity index (χ0n) is 9.22. The van der Waals surface area contributed by atoms with Gasteiger partial charge in [0.05, 0.1) is 23.8 Å². The van der Waals surface area contributed by atoms with Gasteiger partial charge in [-0.3, -0.25) is 19.9 Å². The van der Waals surface area contributed by atoms with E-state index in [0.717, 1.165) is 21.2 Å². The summed E-state index contributed by atoms with van der Waals surface area (Å²) >= 11 is 3.25. The molecule has 0 saturated heterocycles. The third-order valence-electron chi connectivity index (χ3n) is 2.20. The van der Waals surface area contributed by atoms with Crippen LogP contribution in [-0.4, -0.2) is 19.9 Å². The Morgan fingerprint density at radius 3 is 1.72 bits per heavy atom. The predicted molar refractivity (Wildman–Crippen MR) is 75.2 cm³/mol. The van der Waals surface area contributed by atoms with Crippen LogP contribution in [0.1, 0.15) is 11.4 Å². The van der Waals surface area contributed by atoms with Crippen molar-refractivity contribution in [2.24, 2.45) is 0 Å². The van der Waals surface area contributed by atoms with Gasteiger partial charge in [-0.1, -0.05) is 11.8 Å². The number of thioether (sulfide) groups is 2. The molecule has 1 aliphatic rings. The van der Waals surface area contributed by atoms with E-state index in [-0.39, 0.29) is 0 Å². The summed E-state index contributed by atoms with van der Waals surface area (Å²) in [5.74, 6) is 0. The molecule has 0 N–H and O–H groups in total. The van der Waals surface area contributed by atoms with E-state index in [2.05, 4.69) is 30.8 Å². The van der Waals surface area contributed by atoms with E-state index in [1.807, 2.05) is 0 Å². The molecule has 0 fully saturated rings. The fourth-order valence-electron chi connectivity index (χ4n) is 1.40. The van der Waals surface area contributed by atoms with Crippen molar-refractivity contribution in [2.75, 3.05) is 0 Å². The molecule has 0 atom stereocenters. The van der Waals surface area contributed by atoms with Gasteiger partial charge in [0, 0.05) is 34.6 Å². The van der Waals surface area contributed by atoms with Crippen LogP contribution >= 0.6 is 23.5 Å². The Balaban J connectivity index is 1.85. The highest BCUT2D eigenvalue weighted by atomic mass is 32.2. The summed E-state index contributed by atoms with van der Waals surface area (Å²) in [7, 11) is 0. The lowest BCUT2D eigenvalue weighted by molar-refractivity contribution is 1.17. The van der Waals surface area contributed by atoms with Crippen LogP contribution in [0.25, 0.3) is 9.81 Å². The average Bonchev–Trinajstić information content (AvgIpc) is 2.49. The third kappa shape index (κ3) is 2.44. The third-order valence-corrected chi connectivity index (χ3v) is 4.34. The first-order valence-electron chi connectivity index (χ1n) is 5.20. The predicted octanol–water partition coefficient (Wildman–Crippen LogP) is 3.04. The van der Waals surface area contributed by atoms with Crippen molar-refractivity contribution >= 4 is 33.3 Å². The maximum absolute atomic E-state index is 4.30. The van der Waals surface area contributed by atoms with Crippen molar-refractivity contribution in [1.82, 2.24) is 19.9 Å². The summed E-state index contributed by atoms with van der Waals surface area (Å²) in [5, 5.41) is 4.13. The van der Waals surface area contributed by atoms with Crippen LogP contribution in [0.4, 0.5) is 0 Å². The molecule has 0 saturated carbocycles. The highest BCUT2D eigenvalue weighted by molar-refractivity contribution is 8.20. The Hall–Kier alpha value is -1.66. The summed E-state index contributed by atoms with van der Waals surface area (Å²) in [4.78, 5) is 18.9. The van der Waals surface area contributed by atoms with Gasteiger partial charge in [-0.15, -0.1) is 11.8 Å². The summed E-state index contributed by atoms with van der Waals surface area (Å²) in [6.07, 6.45) is 10.3. The van der Waals surface area contributed by atoms with Crippen LogP contribution in [0.15, 0.2) is 48.0 Å². The highest BCUT2D eigenvalue weighted by Crippen LogP contribution is 2.43. The first-order valence-corrected chi connectivity index (χ1v) is 6.96. The standard InChI is InChI=1S/C12H8N4S2/c1-3-15-9(5-13-1)11-7-17-8-12(18-11)10-6-14-2-4-16-10/h1-8H. The minimum absolute atomic E-state index is 0.879. The number of aromatic nitrogens is 4. The molecule has 2 aromatic rings. The minimum atomic E-state index is 0.879. The van der Waals surface area contributed by atoms with Crippen LogP contribution in [0.3, 0.4) is 0 Å². The molecule has 6 heteroatoms. The molecule has 3 rings (SSSR count). The second-order valence-electron chi connectivity index (χ2n) is 3.38. The molecule has 2 aromatic heterocycles. The summed E-state index contributed by atoms with van der Waals surface area (Å²) in [6.45, 7) is 0. The molecule has 1 aliphatic heterocycles. The Bertz CT molecular complexity index is 542. The van der Waals surface area contributed by atoms with Gasteiger partial charge in [-0.2, -0.15) is 0 Å². The minimum Gasteiger partial charge on any atom is -0.261 e. The molecule has 3 heterocycles. The molecular weight excluding hydrogens is 264 g/mol. The lowest BCUT2D eigenvalue weighted by Gasteiger charge is -2.12. The first-order chi connectivity index (χ1) is 8.93. The second-order valence-corrected chi connectivity index (χ2v) is 5.21. The van der Waals surface area contributed by atoms with Crippen molar-refractivity contribution in [3.05, 3.63) is 59.4 Å². The number of rotatable bonds is 2. The van der Waals surface area contributed by atoms with Gasteiger partial charge >= 0.3 is 0 Å². The van der Waals surface area contributed by atoms with Crippen molar-refractivity contribution in [3.8, 4) is 0 Å². The van der Waals surface area contributed by atoms with Gasteiger partial charge in [-0.05, 0) is 10.8 Å². The maximum atomic E-state index is 4.30. The average molecular weight is 272 g/mol. The summed E-state index contributed by atoms with van der Waals surface area (Å²) in [5.41, 5.74) is 1.76. The molecule has 0 unspecified atom stereocenters. The van der Waals surface area contributed by atoms with Crippen LogP contribution in [0, 0.1) is 0 Å². The van der Waals surface area contributed by atoms with Gasteiger partial charge in [-0.25, -0.2) is 0 Å². The highest BCUT2D eigenvalue weighted by Gasteiger charge is 2.14. The molecule has 0 amide bonds. The second kappa shape index (κ2) is 5.32. The SMILES string of the molecule is C1=C(c2cnccn2)SC(c2cnccn2)=CS1. The fourth-order valence-corrected chi connectivity index (χ4v) is 3.33. The Morgan fingerprint density at radius 1 is 0.722 bits per heavy atom. The van der Waals surface area contributed by atoms with E-state index in [9.17, 15) is 0 Å². The molecule has 0 radical (unpaired) electrons.